The summed E-state index contributed by atoms with van der Waals surface area (Å²) < 4.78 is 0. The Bertz CT molecular complexity index is 1050. The van der Waals surface area contributed by atoms with Crippen molar-refractivity contribution in [2.75, 3.05) is 11.9 Å². The summed E-state index contributed by atoms with van der Waals surface area (Å²) >= 11 is 6.03. The standard InChI is InChI=1S/C20H18ClN5O3/c1-2-23-19(28)17-18(25-11-24-17)20(29)26-13-5-3-12(4-6-13)9-16(27)14-10-22-8-7-15(14)21/h3-8,10-11H,2,9H2,1H3,(H,23,28)(H,24,25)(H,26,29). The van der Waals surface area contributed by atoms with Gasteiger partial charge in [-0.3, -0.25) is 19.4 Å². The quantitative estimate of drug-likeness (QED) is 0.517. The molecule has 3 N–H and O–H groups in total. The minimum atomic E-state index is -0.515. The molecule has 2 aromatic heterocycles. The predicted octanol–water partition coefficient (Wildman–Crippen LogP) is 2.89. The normalized spacial score (nSPS) is 10.4. The second-order valence-electron chi connectivity index (χ2n) is 6.09. The summed E-state index contributed by atoms with van der Waals surface area (Å²) in [4.78, 5) is 47.3. The number of pyridine rings is 1. The first-order valence-electron chi connectivity index (χ1n) is 8.84. The maximum atomic E-state index is 12.4. The molecule has 1 aromatic carbocycles. The number of carbonyl (C=O) groups excluding carboxylic acids is 3. The molecule has 0 aliphatic rings. The first kappa shape index (κ1) is 20.2. The van der Waals surface area contributed by atoms with Gasteiger partial charge in [-0.05, 0) is 30.7 Å². The van der Waals surface area contributed by atoms with Crippen LogP contribution >= 0.6 is 11.6 Å². The van der Waals surface area contributed by atoms with Gasteiger partial charge >= 0.3 is 0 Å². The van der Waals surface area contributed by atoms with Gasteiger partial charge in [0.2, 0.25) is 0 Å². The van der Waals surface area contributed by atoms with Crippen LogP contribution in [-0.2, 0) is 6.42 Å². The fourth-order valence-corrected chi connectivity index (χ4v) is 2.86. The molecular formula is C20H18ClN5O3. The van der Waals surface area contributed by atoms with Crippen molar-refractivity contribution >= 4 is 34.9 Å². The van der Waals surface area contributed by atoms with E-state index in [2.05, 4.69) is 25.6 Å². The molecule has 29 heavy (non-hydrogen) atoms. The van der Waals surface area contributed by atoms with Crippen LogP contribution in [0.25, 0.3) is 0 Å². The second kappa shape index (κ2) is 9.11. The molecule has 2 amide bonds. The maximum absolute atomic E-state index is 12.4. The van der Waals surface area contributed by atoms with Crippen LogP contribution in [0.2, 0.25) is 5.02 Å². The van der Waals surface area contributed by atoms with Gasteiger partial charge < -0.3 is 15.6 Å². The van der Waals surface area contributed by atoms with Crippen molar-refractivity contribution in [2.24, 2.45) is 0 Å². The van der Waals surface area contributed by atoms with E-state index in [1.54, 1.807) is 37.3 Å². The second-order valence-corrected chi connectivity index (χ2v) is 6.50. The molecule has 8 nitrogen and oxygen atoms in total. The van der Waals surface area contributed by atoms with Crippen LogP contribution in [0.5, 0.6) is 0 Å². The van der Waals surface area contributed by atoms with Gasteiger partial charge in [0, 0.05) is 31.0 Å². The number of halogens is 1. The number of rotatable bonds is 7. The Kier molecular flexibility index (Phi) is 6.36. The van der Waals surface area contributed by atoms with Crippen molar-refractivity contribution in [3.8, 4) is 0 Å². The van der Waals surface area contributed by atoms with Crippen LogP contribution in [0.3, 0.4) is 0 Å². The first-order chi connectivity index (χ1) is 14.0. The van der Waals surface area contributed by atoms with E-state index in [9.17, 15) is 14.4 Å². The lowest BCUT2D eigenvalue weighted by molar-refractivity contribution is 0.0937. The smallest absolute Gasteiger partial charge is 0.276 e. The average molecular weight is 412 g/mol. The van der Waals surface area contributed by atoms with Crippen LogP contribution in [0.1, 0.15) is 43.8 Å². The monoisotopic (exact) mass is 411 g/mol. The number of hydrogen-bond acceptors (Lipinski definition) is 5. The van der Waals surface area contributed by atoms with Crippen molar-refractivity contribution in [3.05, 3.63) is 76.6 Å². The molecule has 9 heteroatoms. The Balaban J connectivity index is 1.66. The number of ketones is 1. The maximum Gasteiger partial charge on any atom is 0.276 e. The van der Waals surface area contributed by atoms with Crippen molar-refractivity contribution < 1.29 is 14.4 Å². The lowest BCUT2D eigenvalue weighted by Crippen LogP contribution is -2.26. The van der Waals surface area contributed by atoms with Gasteiger partial charge in [0.05, 0.1) is 16.9 Å². The molecule has 0 unspecified atom stereocenters. The number of H-pyrrole nitrogens is 1. The Labute approximate surface area is 171 Å². The van der Waals surface area contributed by atoms with E-state index in [-0.39, 0.29) is 23.6 Å². The molecule has 3 aromatic rings. The molecule has 2 heterocycles. The number of Topliss-reactive ketones (excluding diaryl/α,β-unsaturated/α-hetero) is 1. The SMILES string of the molecule is CCNC(=O)c1[nH]cnc1C(=O)Nc1ccc(CC(=O)c2cnccc2Cl)cc1. The van der Waals surface area contributed by atoms with Gasteiger partial charge in [0.15, 0.2) is 11.5 Å². The molecule has 0 saturated heterocycles. The molecule has 0 spiro atoms. The van der Waals surface area contributed by atoms with E-state index >= 15 is 0 Å². The molecule has 0 bridgehead atoms. The number of imidazole rings is 1. The van der Waals surface area contributed by atoms with Gasteiger partial charge in [0.25, 0.3) is 11.8 Å². The van der Waals surface area contributed by atoms with E-state index in [0.717, 1.165) is 5.56 Å². The molecule has 0 fully saturated rings. The number of carbonyl (C=O) groups is 3. The highest BCUT2D eigenvalue weighted by Crippen LogP contribution is 2.18. The van der Waals surface area contributed by atoms with Crippen LogP contribution in [0.15, 0.2) is 49.1 Å². The zero-order chi connectivity index (χ0) is 20.8. The van der Waals surface area contributed by atoms with Crippen LogP contribution < -0.4 is 10.6 Å². The zero-order valence-electron chi connectivity index (χ0n) is 15.5. The number of nitrogens with zero attached hydrogens (tertiary/aromatic N) is 2. The van der Waals surface area contributed by atoms with Gasteiger partial charge in [-0.15, -0.1) is 0 Å². The number of aromatic amines is 1. The van der Waals surface area contributed by atoms with E-state index in [1.807, 2.05) is 0 Å². The lowest BCUT2D eigenvalue weighted by atomic mass is 10.0. The summed E-state index contributed by atoms with van der Waals surface area (Å²) in [5, 5.41) is 5.66. The lowest BCUT2D eigenvalue weighted by Gasteiger charge is -2.07. The van der Waals surface area contributed by atoms with Crippen molar-refractivity contribution in [1.82, 2.24) is 20.3 Å². The third kappa shape index (κ3) is 4.85. The molecular weight excluding hydrogens is 394 g/mol. The number of amides is 2. The summed E-state index contributed by atoms with van der Waals surface area (Å²) in [5.74, 6) is -1.07. The molecule has 0 aliphatic heterocycles. The number of benzene rings is 1. The molecule has 3 rings (SSSR count). The summed E-state index contributed by atoms with van der Waals surface area (Å²) in [5.41, 5.74) is 1.73. The molecule has 0 saturated carbocycles. The van der Waals surface area contributed by atoms with Crippen LogP contribution in [0, 0.1) is 0 Å². The van der Waals surface area contributed by atoms with Crippen molar-refractivity contribution in [3.63, 3.8) is 0 Å². The summed E-state index contributed by atoms with van der Waals surface area (Å²) in [6.07, 6.45) is 4.40. The summed E-state index contributed by atoms with van der Waals surface area (Å²) in [6.45, 7) is 2.21. The Morgan fingerprint density at radius 1 is 1.10 bits per heavy atom. The summed E-state index contributed by atoms with van der Waals surface area (Å²) in [6, 6.07) is 8.37. The zero-order valence-corrected chi connectivity index (χ0v) is 16.3. The number of nitrogens with one attached hydrogen (secondary N) is 3. The fraction of sp³-hybridized carbons (Fsp3) is 0.150. The summed E-state index contributed by atoms with van der Waals surface area (Å²) in [7, 11) is 0. The van der Waals surface area contributed by atoms with E-state index in [1.165, 1.54) is 18.7 Å². The Hall–Kier alpha value is -3.52. The van der Waals surface area contributed by atoms with E-state index in [0.29, 0.717) is 22.8 Å². The number of aromatic nitrogens is 3. The van der Waals surface area contributed by atoms with Gasteiger partial charge in [-0.2, -0.15) is 0 Å². The van der Waals surface area contributed by atoms with Crippen LogP contribution in [0.4, 0.5) is 5.69 Å². The number of hydrogen-bond donors (Lipinski definition) is 3. The molecule has 148 valence electrons. The third-order valence-electron chi connectivity index (χ3n) is 4.06. The third-order valence-corrected chi connectivity index (χ3v) is 4.39. The highest BCUT2D eigenvalue weighted by Gasteiger charge is 2.20. The van der Waals surface area contributed by atoms with Crippen molar-refractivity contribution in [2.45, 2.75) is 13.3 Å². The largest absolute Gasteiger partial charge is 0.351 e. The van der Waals surface area contributed by atoms with E-state index < -0.39 is 11.8 Å². The average Bonchev–Trinajstić information content (AvgIpc) is 3.20. The fourth-order valence-electron chi connectivity index (χ4n) is 2.65. The molecule has 0 aliphatic carbocycles. The van der Waals surface area contributed by atoms with E-state index in [4.69, 9.17) is 11.6 Å². The molecule has 0 atom stereocenters. The predicted molar refractivity (Wildman–Crippen MR) is 108 cm³/mol. The Morgan fingerprint density at radius 3 is 2.55 bits per heavy atom. The van der Waals surface area contributed by atoms with Gasteiger partial charge in [-0.25, -0.2) is 4.98 Å². The van der Waals surface area contributed by atoms with Crippen molar-refractivity contribution in [1.29, 1.82) is 0 Å². The number of anilines is 1. The highest BCUT2D eigenvalue weighted by molar-refractivity contribution is 6.33. The topological polar surface area (TPSA) is 117 Å². The Morgan fingerprint density at radius 2 is 1.86 bits per heavy atom. The highest BCUT2D eigenvalue weighted by atomic mass is 35.5. The first-order valence-corrected chi connectivity index (χ1v) is 9.22. The minimum absolute atomic E-state index is 0.00132. The minimum Gasteiger partial charge on any atom is -0.351 e. The van der Waals surface area contributed by atoms with Gasteiger partial charge in [-0.1, -0.05) is 23.7 Å². The molecule has 0 radical (unpaired) electrons. The van der Waals surface area contributed by atoms with Gasteiger partial charge in [0.1, 0.15) is 5.69 Å². The van der Waals surface area contributed by atoms with Crippen LogP contribution in [-0.4, -0.2) is 39.1 Å².